The molecular weight excluding hydrogens is 352 g/mol. The molecule has 9 heteroatoms. The maximum atomic E-state index is 12.8. The van der Waals surface area contributed by atoms with Gasteiger partial charge in [0.15, 0.2) is 11.5 Å². The van der Waals surface area contributed by atoms with Crippen molar-refractivity contribution < 1.29 is 8.42 Å². The van der Waals surface area contributed by atoms with E-state index in [2.05, 4.69) is 20.2 Å². The summed E-state index contributed by atoms with van der Waals surface area (Å²) >= 11 is 0. The average molecular weight is 372 g/mol. The molecule has 0 N–H and O–H groups in total. The lowest BCUT2D eigenvalue weighted by Gasteiger charge is -2.35. The SMILES string of the molecule is Cc1cccc(S(=O)(=O)N2CCN(c3cnn4c(C)nnc4c3)CC2)c1. The highest BCUT2D eigenvalue weighted by atomic mass is 32.2. The van der Waals surface area contributed by atoms with E-state index in [1.54, 1.807) is 33.2 Å². The molecule has 0 radical (unpaired) electrons. The third-order valence-corrected chi connectivity index (χ3v) is 6.53. The minimum Gasteiger partial charge on any atom is -0.367 e. The van der Waals surface area contributed by atoms with Gasteiger partial charge in [0.05, 0.1) is 16.8 Å². The Kier molecular flexibility index (Phi) is 4.12. The first kappa shape index (κ1) is 16.9. The van der Waals surface area contributed by atoms with Crippen molar-refractivity contribution in [3.8, 4) is 0 Å². The number of hydrogen-bond donors (Lipinski definition) is 0. The number of anilines is 1. The van der Waals surface area contributed by atoms with Crippen LogP contribution in [0.1, 0.15) is 11.4 Å². The van der Waals surface area contributed by atoms with Gasteiger partial charge in [0.25, 0.3) is 0 Å². The van der Waals surface area contributed by atoms with Gasteiger partial charge in [0, 0.05) is 32.2 Å². The molecule has 0 bridgehead atoms. The first-order chi connectivity index (χ1) is 12.4. The molecule has 3 heterocycles. The van der Waals surface area contributed by atoms with Crippen molar-refractivity contribution in [2.24, 2.45) is 0 Å². The normalized spacial score (nSPS) is 16.3. The van der Waals surface area contributed by atoms with Crippen LogP contribution in [0, 0.1) is 13.8 Å². The van der Waals surface area contributed by atoms with E-state index in [4.69, 9.17) is 0 Å². The topological polar surface area (TPSA) is 83.7 Å². The van der Waals surface area contributed by atoms with Crippen molar-refractivity contribution in [1.29, 1.82) is 0 Å². The standard InChI is InChI=1S/C17H20N6O2S/c1-13-4-3-5-16(10-13)26(24,25)22-8-6-21(7-9-22)15-11-17-20-19-14(2)23(17)18-12-15/h3-5,10-12H,6-9H2,1-2H3. The smallest absolute Gasteiger partial charge is 0.243 e. The third-order valence-electron chi connectivity index (χ3n) is 4.63. The van der Waals surface area contributed by atoms with Gasteiger partial charge in [0.2, 0.25) is 10.0 Å². The van der Waals surface area contributed by atoms with Crippen molar-refractivity contribution in [2.45, 2.75) is 18.7 Å². The largest absolute Gasteiger partial charge is 0.367 e. The van der Waals surface area contributed by atoms with Crippen molar-refractivity contribution >= 4 is 21.4 Å². The second-order valence-electron chi connectivity index (χ2n) is 6.44. The molecule has 0 saturated carbocycles. The van der Waals surface area contributed by atoms with Crippen LogP contribution >= 0.6 is 0 Å². The fourth-order valence-corrected chi connectivity index (χ4v) is 4.71. The Labute approximate surface area is 152 Å². The highest BCUT2D eigenvalue weighted by Crippen LogP contribution is 2.22. The number of sulfonamides is 1. The molecule has 0 atom stereocenters. The minimum atomic E-state index is -3.46. The maximum absolute atomic E-state index is 12.8. The van der Waals surface area contributed by atoms with Crippen LogP contribution in [0.5, 0.6) is 0 Å². The molecule has 0 amide bonds. The lowest BCUT2D eigenvalue weighted by atomic mass is 10.2. The fourth-order valence-electron chi connectivity index (χ4n) is 3.18. The van der Waals surface area contributed by atoms with E-state index in [1.165, 1.54) is 0 Å². The summed E-state index contributed by atoms with van der Waals surface area (Å²) in [6, 6.07) is 8.97. The van der Waals surface area contributed by atoms with E-state index >= 15 is 0 Å². The molecule has 1 saturated heterocycles. The molecule has 1 aliphatic heterocycles. The lowest BCUT2D eigenvalue weighted by molar-refractivity contribution is 0.384. The summed E-state index contributed by atoms with van der Waals surface area (Å²) in [6.07, 6.45) is 1.77. The zero-order chi connectivity index (χ0) is 18.3. The van der Waals surface area contributed by atoms with E-state index < -0.39 is 10.0 Å². The zero-order valence-electron chi connectivity index (χ0n) is 14.7. The van der Waals surface area contributed by atoms with Gasteiger partial charge in [0.1, 0.15) is 0 Å². The lowest BCUT2D eigenvalue weighted by Crippen LogP contribution is -2.48. The van der Waals surface area contributed by atoms with E-state index in [9.17, 15) is 8.42 Å². The number of benzene rings is 1. The Bertz CT molecular complexity index is 1050. The summed E-state index contributed by atoms with van der Waals surface area (Å²) in [6.45, 7) is 5.83. The molecule has 4 rings (SSSR count). The highest BCUT2D eigenvalue weighted by Gasteiger charge is 2.28. The van der Waals surface area contributed by atoms with Crippen LogP contribution < -0.4 is 4.90 Å². The number of nitrogens with zero attached hydrogens (tertiary/aromatic N) is 6. The average Bonchev–Trinajstić information content (AvgIpc) is 3.02. The second kappa shape index (κ2) is 6.33. The first-order valence-corrected chi connectivity index (χ1v) is 9.89. The van der Waals surface area contributed by atoms with Crippen LogP contribution in [0.25, 0.3) is 5.65 Å². The van der Waals surface area contributed by atoms with E-state index in [1.807, 2.05) is 26.0 Å². The molecule has 8 nitrogen and oxygen atoms in total. The number of aromatic nitrogens is 4. The molecule has 1 fully saturated rings. The monoisotopic (exact) mass is 372 g/mol. The molecule has 1 aliphatic rings. The number of rotatable bonds is 3. The zero-order valence-corrected chi connectivity index (χ0v) is 15.5. The second-order valence-corrected chi connectivity index (χ2v) is 8.38. The van der Waals surface area contributed by atoms with Crippen molar-refractivity contribution in [3.05, 3.63) is 47.9 Å². The highest BCUT2D eigenvalue weighted by molar-refractivity contribution is 7.89. The first-order valence-electron chi connectivity index (χ1n) is 8.45. The summed E-state index contributed by atoms with van der Waals surface area (Å²) in [5.74, 6) is 0.737. The van der Waals surface area contributed by atoms with E-state index in [0.29, 0.717) is 36.7 Å². The van der Waals surface area contributed by atoms with Crippen LogP contribution in [-0.4, -0.2) is 58.7 Å². The van der Waals surface area contributed by atoms with Gasteiger partial charge in [-0.15, -0.1) is 10.2 Å². The number of piperazine rings is 1. The van der Waals surface area contributed by atoms with E-state index in [0.717, 1.165) is 17.1 Å². The quantitative estimate of drug-likeness (QED) is 0.688. The van der Waals surface area contributed by atoms with Crippen LogP contribution in [-0.2, 0) is 10.0 Å². The predicted octanol–water partition coefficient (Wildman–Crippen LogP) is 1.25. The van der Waals surface area contributed by atoms with Crippen molar-refractivity contribution in [2.75, 3.05) is 31.1 Å². The summed E-state index contributed by atoms with van der Waals surface area (Å²) in [7, 11) is -3.46. The Morgan fingerprint density at radius 1 is 1.00 bits per heavy atom. The number of fused-ring (bicyclic) bond motifs is 1. The molecule has 0 unspecified atom stereocenters. The molecule has 3 aromatic rings. The van der Waals surface area contributed by atoms with Gasteiger partial charge in [-0.2, -0.15) is 13.9 Å². The maximum Gasteiger partial charge on any atom is 0.243 e. The molecular formula is C17H20N6O2S. The van der Waals surface area contributed by atoms with E-state index in [-0.39, 0.29) is 0 Å². The number of aryl methyl sites for hydroxylation is 2. The fraction of sp³-hybridized carbons (Fsp3) is 0.353. The summed E-state index contributed by atoms with van der Waals surface area (Å²) in [5.41, 5.74) is 2.56. The summed E-state index contributed by atoms with van der Waals surface area (Å²) in [5, 5.41) is 12.5. The van der Waals surface area contributed by atoms with Crippen molar-refractivity contribution in [1.82, 2.24) is 24.1 Å². The molecule has 0 spiro atoms. The molecule has 26 heavy (non-hydrogen) atoms. The Balaban J connectivity index is 1.51. The van der Waals surface area contributed by atoms with Gasteiger partial charge in [-0.05, 0) is 31.5 Å². The Morgan fingerprint density at radius 2 is 1.77 bits per heavy atom. The molecule has 136 valence electrons. The molecule has 1 aromatic carbocycles. The van der Waals surface area contributed by atoms with Gasteiger partial charge in [-0.1, -0.05) is 12.1 Å². The minimum absolute atomic E-state index is 0.355. The predicted molar refractivity (Wildman–Crippen MR) is 97.7 cm³/mol. The van der Waals surface area contributed by atoms with Gasteiger partial charge >= 0.3 is 0 Å². The Morgan fingerprint density at radius 3 is 2.50 bits per heavy atom. The van der Waals surface area contributed by atoms with Crippen molar-refractivity contribution in [3.63, 3.8) is 0 Å². The summed E-state index contributed by atoms with van der Waals surface area (Å²) < 4.78 is 28.9. The Hall–Kier alpha value is -2.52. The van der Waals surface area contributed by atoms with Crippen LogP contribution in [0.4, 0.5) is 5.69 Å². The van der Waals surface area contributed by atoms with Crippen LogP contribution in [0.15, 0.2) is 41.4 Å². The molecule has 0 aliphatic carbocycles. The summed E-state index contributed by atoms with van der Waals surface area (Å²) in [4.78, 5) is 2.48. The molecule has 2 aromatic heterocycles. The van der Waals surface area contributed by atoms with Crippen LogP contribution in [0.2, 0.25) is 0 Å². The third kappa shape index (κ3) is 2.93. The van der Waals surface area contributed by atoms with Crippen LogP contribution in [0.3, 0.4) is 0 Å². The number of hydrogen-bond acceptors (Lipinski definition) is 6. The van der Waals surface area contributed by atoms with Gasteiger partial charge < -0.3 is 4.90 Å². The van der Waals surface area contributed by atoms with Gasteiger partial charge in [-0.3, -0.25) is 0 Å². The van der Waals surface area contributed by atoms with Gasteiger partial charge in [-0.25, -0.2) is 8.42 Å².